The van der Waals surface area contributed by atoms with E-state index in [4.69, 9.17) is 0 Å². The van der Waals surface area contributed by atoms with Gasteiger partial charge in [-0.3, -0.25) is 9.69 Å². The molecule has 0 aromatic carbocycles. The van der Waals surface area contributed by atoms with E-state index in [2.05, 4.69) is 4.90 Å². The van der Waals surface area contributed by atoms with Crippen molar-refractivity contribution in [2.45, 2.75) is 63.8 Å². The van der Waals surface area contributed by atoms with Crippen molar-refractivity contribution in [1.29, 1.82) is 0 Å². The number of hydrogen-bond donors (Lipinski definition) is 2. The molecule has 1 rings (SSSR count). The molecule has 0 saturated heterocycles. The van der Waals surface area contributed by atoms with Crippen LogP contribution in [-0.4, -0.2) is 53.9 Å². The Labute approximate surface area is 123 Å². The predicted molar refractivity (Wildman–Crippen MR) is 73.8 cm³/mol. The van der Waals surface area contributed by atoms with Gasteiger partial charge in [-0.05, 0) is 26.2 Å². The fraction of sp³-hybridized carbons (Fsp3) is 0.929. The number of alkyl halides is 3. The van der Waals surface area contributed by atoms with Gasteiger partial charge in [0.15, 0.2) is 0 Å². The van der Waals surface area contributed by atoms with E-state index in [9.17, 15) is 23.1 Å². The van der Waals surface area contributed by atoms with Crippen LogP contribution in [-0.2, 0) is 4.79 Å². The van der Waals surface area contributed by atoms with Gasteiger partial charge in [0.2, 0.25) is 0 Å². The molecule has 1 fully saturated rings. The van der Waals surface area contributed by atoms with Crippen LogP contribution >= 0.6 is 0 Å². The largest absolute Gasteiger partial charge is 0.471 e. The van der Waals surface area contributed by atoms with Gasteiger partial charge in [-0.15, -0.1) is 0 Å². The first-order valence-corrected chi connectivity index (χ1v) is 7.58. The average molecular weight is 310 g/mol. The molecule has 124 valence electrons. The summed E-state index contributed by atoms with van der Waals surface area (Å²) in [4.78, 5) is 12.8. The standard InChI is InChI=1S/C14H25F3N2O2/c1-11(20)10-19(12-6-3-2-4-7-12)9-5-8-18-13(21)14(15,16)17/h11-12,20H,2-10H2,1H3,(H,18,21). The van der Waals surface area contributed by atoms with Crippen LogP contribution in [0.4, 0.5) is 13.2 Å². The number of hydrogen-bond acceptors (Lipinski definition) is 3. The summed E-state index contributed by atoms with van der Waals surface area (Å²) in [5.41, 5.74) is 0. The highest BCUT2D eigenvalue weighted by atomic mass is 19.4. The Kier molecular flexibility index (Phi) is 7.45. The van der Waals surface area contributed by atoms with E-state index in [0.29, 0.717) is 25.6 Å². The Morgan fingerprint density at radius 2 is 1.95 bits per heavy atom. The number of carbonyl (C=O) groups is 1. The number of aliphatic hydroxyl groups is 1. The van der Waals surface area contributed by atoms with Crippen molar-refractivity contribution < 1.29 is 23.1 Å². The molecule has 1 aliphatic rings. The van der Waals surface area contributed by atoms with Crippen LogP contribution < -0.4 is 5.32 Å². The molecule has 1 amide bonds. The maximum Gasteiger partial charge on any atom is 0.471 e. The number of aliphatic hydroxyl groups excluding tert-OH is 1. The van der Waals surface area contributed by atoms with Gasteiger partial charge < -0.3 is 10.4 Å². The van der Waals surface area contributed by atoms with E-state index >= 15 is 0 Å². The molecule has 0 bridgehead atoms. The summed E-state index contributed by atoms with van der Waals surface area (Å²) in [6, 6.07) is 0.395. The van der Waals surface area contributed by atoms with Crippen molar-refractivity contribution in [3.63, 3.8) is 0 Å². The van der Waals surface area contributed by atoms with Gasteiger partial charge in [0, 0.05) is 25.7 Å². The molecule has 7 heteroatoms. The zero-order valence-corrected chi connectivity index (χ0v) is 12.5. The third-order valence-corrected chi connectivity index (χ3v) is 3.75. The number of nitrogens with one attached hydrogen (secondary N) is 1. The topological polar surface area (TPSA) is 52.6 Å². The molecule has 1 aliphatic carbocycles. The molecular formula is C14H25F3N2O2. The summed E-state index contributed by atoms with van der Waals surface area (Å²) in [5, 5.41) is 11.4. The molecular weight excluding hydrogens is 285 g/mol. The molecule has 0 aromatic heterocycles. The number of nitrogens with zero attached hydrogens (tertiary/aromatic N) is 1. The lowest BCUT2D eigenvalue weighted by molar-refractivity contribution is -0.173. The number of halogens is 3. The van der Waals surface area contributed by atoms with E-state index in [0.717, 1.165) is 25.7 Å². The number of carbonyl (C=O) groups excluding carboxylic acids is 1. The summed E-state index contributed by atoms with van der Waals surface area (Å²) in [7, 11) is 0. The SMILES string of the molecule is CC(O)CN(CCCNC(=O)C(F)(F)F)C1CCCCC1. The minimum absolute atomic E-state index is 0.00136. The molecule has 1 saturated carbocycles. The molecule has 21 heavy (non-hydrogen) atoms. The van der Waals surface area contributed by atoms with Crippen molar-refractivity contribution in [3.8, 4) is 0 Å². The quantitative estimate of drug-likeness (QED) is 0.708. The second-order valence-electron chi connectivity index (χ2n) is 5.74. The first kappa shape index (κ1) is 18.2. The Bertz CT molecular complexity index is 316. The van der Waals surface area contributed by atoms with Crippen molar-refractivity contribution >= 4 is 5.91 Å². The second-order valence-corrected chi connectivity index (χ2v) is 5.74. The van der Waals surface area contributed by atoms with E-state index < -0.39 is 18.2 Å². The van der Waals surface area contributed by atoms with Gasteiger partial charge in [0.25, 0.3) is 0 Å². The highest BCUT2D eigenvalue weighted by molar-refractivity contribution is 5.81. The fourth-order valence-electron chi connectivity index (χ4n) is 2.79. The normalized spacial score (nSPS) is 18.8. The molecule has 2 N–H and O–H groups in total. The Morgan fingerprint density at radius 1 is 1.33 bits per heavy atom. The van der Waals surface area contributed by atoms with E-state index in [1.54, 1.807) is 6.92 Å². The first-order chi connectivity index (χ1) is 9.80. The lowest BCUT2D eigenvalue weighted by Gasteiger charge is -2.35. The van der Waals surface area contributed by atoms with Gasteiger partial charge in [0.05, 0.1) is 6.10 Å². The molecule has 1 atom stereocenters. The molecule has 1 unspecified atom stereocenters. The zero-order chi connectivity index (χ0) is 15.9. The lowest BCUT2D eigenvalue weighted by atomic mass is 9.94. The van der Waals surface area contributed by atoms with E-state index in [1.165, 1.54) is 6.42 Å². The van der Waals surface area contributed by atoms with Crippen molar-refractivity contribution in [2.75, 3.05) is 19.6 Å². The van der Waals surface area contributed by atoms with Crippen molar-refractivity contribution in [2.24, 2.45) is 0 Å². The average Bonchev–Trinajstić information content (AvgIpc) is 2.41. The van der Waals surface area contributed by atoms with Crippen LogP contribution in [0.1, 0.15) is 45.4 Å². The van der Waals surface area contributed by atoms with Gasteiger partial charge >= 0.3 is 12.1 Å². The zero-order valence-electron chi connectivity index (χ0n) is 12.5. The second kappa shape index (κ2) is 8.58. The third-order valence-electron chi connectivity index (χ3n) is 3.75. The maximum absolute atomic E-state index is 12.0. The number of amides is 1. The Hall–Kier alpha value is -0.820. The van der Waals surface area contributed by atoms with Crippen LogP contribution in [0.15, 0.2) is 0 Å². The minimum atomic E-state index is -4.82. The molecule has 0 radical (unpaired) electrons. The monoisotopic (exact) mass is 310 g/mol. The van der Waals surface area contributed by atoms with Crippen molar-refractivity contribution in [3.05, 3.63) is 0 Å². The van der Waals surface area contributed by atoms with Gasteiger partial charge in [-0.2, -0.15) is 13.2 Å². The fourth-order valence-corrected chi connectivity index (χ4v) is 2.79. The Morgan fingerprint density at radius 3 is 2.48 bits per heavy atom. The maximum atomic E-state index is 12.0. The molecule has 4 nitrogen and oxygen atoms in total. The van der Waals surface area contributed by atoms with Gasteiger partial charge in [-0.1, -0.05) is 19.3 Å². The first-order valence-electron chi connectivity index (χ1n) is 7.58. The predicted octanol–water partition coefficient (Wildman–Crippen LogP) is 2.07. The summed E-state index contributed by atoms with van der Waals surface area (Å²) in [6.45, 7) is 2.83. The highest BCUT2D eigenvalue weighted by Gasteiger charge is 2.38. The summed E-state index contributed by atoms with van der Waals surface area (Å²) < 4.78 is 36.1. The van der Waals surface area contributed by atoms with Crippen LogP contribution in [0.5, 0.6) is 0 Å². The lowest BCUT2D eigenvalue weighted by Crippen LogP contribution is -2.43. The van der Waals surface area contributed by atoms with Crippen LogP contribution in [0, 0.1) is 0 Å². The summed E-state index contributed by atoms with van der Waals surface area (Å²) in [5.74, 6) is -1.89. The van der Waals surface area contributed by atoms with Crippen molar-refractivity contribution in [1.82, 2.24) is 10.2 Å². The van der Waals surface area contributed by atoms with Crippen LogP contribution in [0.2, 0.25) is 0 Å². The highest BCUT2D eigenvalue weighted by Crippen LogP contribution is 2.23. The summed E-state index contributed by atoms with van der Waals surface area (Å²) in [6.07, 6.45) is 0.853. The van der Waals surface area contributed by atoms with Gasteiger partial charge in [0.1, 0.15) is 0 Å². The molecule has 0 aromatic rings. The van der Waals surface area contributed by atoms with Gasteiger partial charge in [-0.25, -0.2) is 0 Å². The van der Waals surface area contributed by atoms with Crippen LogP contribution in [0.3, 0.4) is 0 Å². The third kappa shape index (κ3) is 7.13. The Balaban J connectivity index is 2.34. The van der Waals surface area contributed by atoms with E-state index in [-0.39, 0.29) is 6.54 Å². The molecule has 0 heterocycles. The smallest absolute Gasteiger partial charge is 0.392 e. The van der Waals surface area contributed by atoms with E-state index in [1.807, 2.05) is 5.32 Å². The summed E-state index contributed by atoms with van der Waals surface area (Å²) >= 11 is 0. The molecule has 0 aliphatic heterocycles. The number of rotatable bonds is 7. The minimum Gasteiger partial charge on any atom is -0.392 e. The molecule has 0 spiro atoms. The van der Waals surface area contributed by atoms with Crippen LogP contribution in [0.25, 0.3) is 0 Å².